The molecular weight excluding hydrogens is 366 g/mol. The molecule has 1 amide bonds. The number of carbonyl (C=O) groups excluding carboxylic acids is 2. The van der Waals surface area contributed by atoms with Crippen molar-refractivity contribution in [3.8, 4) is 5.75 Å². The molecular formula is C19H27N3O6. The Bertz CT molecular complexity index is 731. The van der Waals surface area contributed by atoms with Gasteiger partial charge < -0.3 is 14.4 Å². The predicted octanol–water partition coefficient (Wildman–Crippen LogP) is 2.73. The Morgan fingerprint density at radius 1 is 1.36 bits per heavy atom. The summed E-state index contributed by atoms with van der Waals surface area (Å²) in [5, 5.41) is 10.8. The molecule has 9 heteroatoms. The molecule has 154 valence electrons. The fourth-order valence-corrected chi connectivity index (χ4v) is 2.99. The van der Waals surface area contributed by atoms with E-state index >= 15 is 0 Å². The number of piperazine rings is 1. The number of aldehydes is 1. The number of rotatable bonds is 6. The van der Waals surface area contributed by atoms with Crippen LogP contribution in [0.15, 0.2) is 18.2 Å². The number of amides is 1. The standard InChI is InChI=1S/C19H27N3O6/c1-14-12-20(7-8-21(14)18(24)28-19(2,3)4)9-10-27-17-6-5-16(22(25)26)11-15(17)13-23/h5-6,11,13-14H,7-10,12H2,1-4H3. The Labute approximate surface area is 164 Å². The van der Waals surface area contributed by atoms with Gasteiger partial charge in [0.25, 0.3) is 5.69 Å². The molecule has 0 saturated carbocycles. The monoisotopic (exact) mass is 393 g/mol. The molecule has 28 heavy (non-hydrogen) atoms. The van der Waals surface area contributed by atoms with Gasteiger partial charge in [-0.05, 0) is 33.8 Å². The molecule has 0 radical (unpaired) electrons. The molecule has 1 saturated heterocycles. The highest BCUT2D eigenvalue weighted by Crippen LogP contribution is 2.23. The zero-order valence-corrected chi connectivity index (χ0v) is 16.7. The van der Waals surface area contributed by atoms with E-state index in [2.05, 4.69) is 4.90 Å². The highest BCUT2D eigenvalue weighted by molar-refractivity contribution is 5.80. The molecule has 0 aliphatic carbocycles. The van der Waals surface area contributed by atoms with Crippen LogP contribution in [0.1, 0.15) is 38.1 Å². The summed E-state index contributed by atoms with van der Waals surface area (Å²) in [6, 6.07) is 3.95. The van der Waals surface area contributed by atoms with Gasteiger partial charge in [-0.3, -0.25) is 19.8 Å². The number of hydrogen-bond donors (Lipinski definition) is 0. The van der Waals surface area contributed by atoms with Crippen LogP contribution >= 0.6 is 0 Å². The number of ether oxygens (including phenoxy) is 2. The van der Waals surface area contributed by atoms with Crippen molar-refractivity contribution >= 4 is 18.1 Å². The maximum Gasteiger partial charge on any atom is 0.410 e. The van der Waals surface area contributed by atoms with Crippen LogP contribution in [-0.2, 0) is 4.74 Å². The lowest BCUT2D eigenvalue weighted by Crippen LogP contribution is -2.55. The molecule has 0 spiro atoms. The van der Waals surface area contributed by atoms with E-state index in [1.54, 1.807) is 4.90 Å². The molecule has 1 atom stereocenters. The van der Waals surface area contributed by atoms with Crippen LogP contribution in [0.25, 0.3) is 0 Å². The van der Waals surface area contributed by atoms with E-state index in [4.69, 9.17) is 9.47 Å². The molecule has 1 aliphatic rings. The Morgan fingerprint density at radius 3 is 2.64 bits per heavy atom. The molecule has 1 aromatic carbocycles. The van der Waals surface area contributed by atoms with Crippen molar-refractivity contribution in [2.24, 2.45) is 0 Å². The van der Waals surface area contributed by atoms with Crippen LogP contribution in [0.5, 0.6) is 5.75 Å². The fourth-order valence-electron chi connectivity index (χ4n) is 2.99. The zero-order valence-electron chi connectivity index (χ0n) is 16.7. The quantitative estimate of drug-likeness (QED) is 0.416. The van der Waals surface area contributed by atoms with Gasteiger partial charge in [0.15, 0.2) is 6.29 Å². The second kappa shape index (κ2) is 9.01. The van der Waals surface area contributed by atoms with Gasteiger partial charge in [-0.15, -0.1) is 0 Å². The van der Waals surface area contributed by atoms with E-state index in [9.17, 15) is 19.7 Å². The van der Waals surface area contributed by atoms with Crippen LogP contribution in [0.4, 0.5) is 10.5 Å². The van der Waals surface area contributed by atoms with Gasteiger partial charge in [0.1, 0.15) is 18.0 Å². The number of nitro benzene ring substituents is 1. The lowest BCUT2D eigenvalue weighted by Gasteiger charge is -2.40. The molecule has 0 N–H and O–H groups in total. The third-order valence-corrected chi connectivity index (χ3v) is 4.34. The van der Waals surface area contributed by atoms with Crippen molar-refractivity contribution in [1.82, 2.24) is 9.80 Å². The normalized spacial score (nSPS) is 17.9. The van der Waals surface area contributed by atoms with E-state index in [1.165, 1.54) is 18.2 Å². The summed E-state index contributed by atoms with van der Waals surface area (Å²) in [7, 11) is 0. The van der Waals surface area contributed by atoms with E-state index in [1.807, 2.05) is 27.7 Å². The molecule has 0 bridgehead atoms. The van der Waals surface area contributed by atoms with Crippen LogP contribution < -0.4 is 4.74 Å². The minimum Gasteiger partial charge on any atom is -0.491 e. The van der Waals surface area contributed by atoms with Crippen molar-refractivity contribution in [2.45, 2.75) is 39.3 Å². The minimum atomic E-state index is -0.553. The number of hydrogen-bond acceptors (Lipinski definition) is 7. The smallest absolute Gasteiger partial charge is 0.410 e. The largest absolute Gasteiger partial charge is 0.491 e. The first-order valence-corrected chi connectivity index (χ1v) is 9.19. The zero-order chi connectivity index (χ0) is 20.9. The summed E-state index contributed by atoms with van der Waals surface area (Å²) >= 11 is 0. The third-order valence-electron chi connectivity index (χ3n) is 4.34. The minimum absolute atomic E-state index is 0.00788. The second-order valence-corrected chi connectivity index (χ2v) is 7.77. The molecule has 2 rings (SSSR count). The number of carbonyl (C=O) groups is 2. The van der Waals surface area contributed by atoms with Gasteiger partial charge in [-0.25, -0.2) is 4.79 Å². The lowest BCUT2D eigenvalue weighted by atomic mass is 10.2. The highest BCUT2D eigenvalue weighted by atomic mass is 16.6. The number of benzene rings is 1. The van der Waals surface area contributed by atoms with Crippen molar-refractivity contribution in [2.75, 3.05) is 32.8 Å². The fraction of sp³-hybridized carbons (Fsp3) is 0.579. The van der Waals surface area contributed by atoms with Crippen molar-refractivity contribution in [3.63, 3.8) is 0 Å². The Morgan fingerprint density at radius 2 is 2.07 bits per heavy atom. The van der Waals surface area contributed by atoms with E-state index in [-0.39, 0.29) is 23.4 Å². The predicted molar refractivity (Wildman–Crippen MR) is 103 cm³/mol. The second-order valence-electron chi connectivity index (χ2n) is 7.77. The van der Waals surface area contributed by atoms with Crippen molar-refractivity contribution in [1.29, 1.82) is 0 Å². The summed E-state index contributed by atoms with van der Waals surface area (Å²) in [4.78, 5) is 37.5. The van der Waals surface area contributed by atoms with Gasteiger partial charge in [-0.1, -0.05) is 0 Å². The SMILES string of the molecule is CC1CN(CCOc2ccc([N+](=O)[O-])cc2C=O)CCN1C(=O)OC(C)(C)C. The number of nitro groups is 1. The van der Waals surface area contributed by atoms with Crippen LogP contribution in [0.3, 0.4) is 0 Å². The number of nitrogens with zero attached hydrogens (tertiary/aromatic N) is 3. The summed E-state index contributed by atoms with van der Waals surface area (Å²) in [6.07, 6.45) is 0.238. The van der Waals surface area contributed by atoms with E-state index in [0.29, 0.717) is 44.8 Å². The average molecular weight is 393 g/mol. The molecule has 1 aliphatic heterocycles. The summed E-state index contributed by atoms with van der Waals surface area (Å²) < 4.78 is 11.1. The number of non-ortho nitro benzene ring substituents is 1. The van der Waals surface area contributed by atoms with Crippen molar-refractivity contribution in [3.05, 3.63) is 33.9 Å². The van der Waals surface area contributed by atoms with Crippen LogP contribution in [-0.4, -0.2) is 71.5 Å². The first-order valence-electron chi connectivity index (χ1n) is 9.19. The maximum absolute atomic E-state index is 12.3. The molecule has 0 aromatic heterocycles. The van der Waals surface area contributed by atoms with Gasteiger partial charge in [-0.2, -0.15) is 0 Å². The average Bonchev–Trinajstić information content (AvgIpc) is 2.60. The highest BCUT2D eigenvalue weighted by Gasteiger charge is 2.30. The molecule has 1 fully saturated rings. The van der Waals surface area contributed by atoms with E-state index in [0.717, 1.165) is 0 Å². The Kier molecular flexibility index (Phi) is 6.95. The maximum atomic E-state index is 12.3. The van der Waals surface area contributed by atoms with Gasteiger partial charge in [0.05, 0.1) is 10.5 Å². The Hall–Kier alpha value is -2.68. The van der Waals surface area contributed by atoms with Gasteiger partial charge in [0.2, 0.25) is 0 Å². The van der Waals surface area contributed by atoms with Gasteiger partial charge in [0, 0.05) is 44.4 Å². The third kappa shape index (κ3) is 5.91. The van der Waals surface area contributed by atoms with E-state index < -0.39 is 10.5 Å². The summed E-state index contributed by atoms with van der Waals surface area (Å²) in [5.74, 6) is 0.320. The summed E-state index contributed by atoms with van der Waals surface area (Å²) in [6.45, 7) is 10.4. The lowest BCUT2D eigenvalue weighted by molar-refractivity contribution is -0.384. The summed E-state index contributed by atoms with van der Waals surface area (Å²) in [5.41, 5.74) is -0.526. The van der Waals surface area contributed by atoms with Crippen LogP contribution in [0.2, 0.25) is 0 Å². The topological polar surface area (TPSA) is 102 Å². The van der Waals surface area contributed by atoms with Crippen molar-refractivity contribution < 1.29 is 24.0 Å². The molecule has 1 heterocycles. The molecule has 1 aromatic rings. The molecule has 9 nitrogen and oxygen atoms in total. The molecule has 1 unspecified atom stereocenters. The first kappa shape index (κ1) is 21.6. The van der Waals surface area contributed by atoms with Gasteiger partial charge >= 0.3 is 6.09 Å². The Balaban J connectivity index is 1.85. The first-order chi connectivity index (χ1) is 13.1. The van der Waals surface area contributed by atoms with Crippen LogP contribution in [0, 0.1) is 10.1 Å².